The Morgan fingerprint density at radius 3 is 2.70 bits per heavy atom. The summed E-state index contributed by atoms with van der Waals surface area (Å²) in [5.74, 6) is 1.66. The third-order valence-electron chi connectivity index (χ3n) is 3.50. The summed E-state index contributed by atoms with van der Waals surface area (Å²) in [5, 5.41) is 0.961. The molecule has 3 heteroatoms. The molecule has 0 saturated heterocycles. The maximum atomic E-state index is 6.06. The van der Waals surface area contributed by atoms with E-state index >= 15 is 0 Å². The fourth-order valence-electron chi connectivity index (χ4n) is 2.18. The van der Waals surface area contributed by atoms with E-state index in [9.17, 15) is 0 Å². The highest BCUT2D eigenvalue weighted by atomic mass is 16.5. The quantitative estimate of drug-likeness (QED) is 0.705. The van der Waals surface area contributed by atoms with Crippen molar-refractivity contribution in [3.63, 3.8) is 0 Å². The van der Waals surface area contributed by atoms with Gasteiger partial charge in [-0.3, -0.25) is 4.98 Å². The first-order valence-electron chi connectivity index (χ1n) is 6.53. The van der Waals surface area contributed by atoms with Crippen LogP contribution in [0.1, 0.15) is 11.1 Å². The zero-order chi connectivity index (χ0) is 14.1. The first-order chi connectivity index (χ1) is 9.65. The number of benzene rings is 2. The molecule has 0 radical (unpaired) electrons. The molecule has 100 valence electrons. The molecular formula is C17H16N2O. The van der Waals surface area contributed by atoms with Crippen molar-refractivity contribution in [2.45, 2.75) is 13.8 Å². The van der Waals surface area contributed by atoms with Gasteiger partial charge in [0.25, 0.3) is 0 Å². The highest BCUT2D eigenvalue weighted by Crippen LogP contribution is 2.32. The summed E-state index contributed by atoms with van der Waals surface area (Å²) in [7, 11) is 0. The topological polar surface area (TPSA) is 48.1 Å². The predicted octanol–water partition coefficient (Wildman–Crippen LogP) is 4.23. The Balaban J connectivity index is 2.09. The Morgan fingerprint density at radius 2 is 1.85 bits per heavy atom. The minimum atomic E-state index is 0.703. The Morgan fingerprint density at radius 1 is 1.00 bits per heavy atom. The van der Waals surface area contributed by atoms with Gasteiger partial charge in [0.2, 0.25) is 0 Å². The van der Waals surface area contributed by atoms with Gasteiger partial charge in [0, 0.05) is 17.3 Å². The number of rotatable bonds is 2. The van der Waals surface area contributed by atoms with Gasteiger partial charge in [0.1, 0.15) is 11.5 Å². The van der Waals surface area contributed by atoms with E-state index in [0.29, 0.717) is 5.69 Å². The number of aryl methyl sites for hydroxylation is 1. The number of aromatic nitrogens is 1. The van der Waals surface area contributed by atoms with Gasteiger partial charge in [-0.05, 0) is 55.3 Å². The molecule has 0 aliphatic heterocycles. The molecule has 0 aliphatic rings. The van der Waals surface area contributed by atoms with Crippen molar-refractivity contribution >= 4 is 16.6 Å². The lowest BCUT2D eigenvalue weighted by molar-refractivity contribution is 0.483. The monoisotopic (exact) mass is 264 g/mol. The summed E-state index contributed by atoms with van der Waals surface area (Å²) < 4.78 is 6.06. The maximum Gasteiger partial charge on any atom is 0.138 e. The molecular weight excluding hydrogens is 248 g/mol. The van der Waals surface area contributed by atoms with Gasteiger partial charge in [0.15, 0.2) is 0 Å². The molecule has 1 aromatic heterocycles. The van der Waals surface area contributed by atoms with Crippen LogP contribution in [0.25, 0.3) is 10.9 Å². The van der Waals surface area contributed by atoms with E-state index in [1.165, 1.54) is 5.56 Å². The summed E-state index contributed by atoms with van der Waals surface area (Å²) in [6.45, 7) is 4.14. The molecule has 2 aromatic carbocycles. The van der Waals surface area contributed by atoms with Gasteiger partial charge >= 0.3 is 0 Å². The van der Waals surface area contributed by atoms with Crippen molar-refractivity contribution in [1.29, 1.82) is 0 Å². The van der Waals surface area contributed by atoms with Crippen LogP contribution < -0.4 is 10.5 Å². The van der Waals surface area contributed by atoms with Crippen LogP contribution in [-0.2, 0) is 0 Å². The zero-order valence-corrected chi connectivity index (χ0v) is 11.6. The number of hydrogen-bond donors (Lipinski definition) is 1. The van der Waals surface area contributed by atoms with Crippen LogP contribution in [-0.4, -0.2) is 4.98 Å². The molecule has 0 amide bonds. The van der Waals surface area contributed by atoms with Crippen molar-refractivity contribution in [1.82, 2.24) is 4.98 Å². The van der Waals surface area contributed by atoms with Gasteiger partial charge < -0.3 is 10.5 Å². The molecule has 0 bridgehead atoms. The number of nitrogens with zero attached hydrogens (tertiary/aromatic N) is 1. The molecule has 0 unspecified atom stereocenters. The standard InChI is InChI=1S/C17H16N2O/c1-11-4-3-5-16(12(11)2)20-17-8-9-19-15-10-13(18)6-7-14(15)17/h3-10H,18H2,1-2H3. The van der Waals surface area contributed by atoms with E-state index in [2.05, 4.69) is 24.9 Å². The van der Waals surface area contributed by atoms with Crippen molar-refractivity contribution in [2.75, 3.05) is 5.73 Å². The molecule has 1 heterocycles. The second kappa shape index (κ2) is 4.85. The van der Waals surface area contributed by atoms with E-state index in [-0.39, 0.29) is 0 Å². The van der Waals surface area contributed by atoms with Crippen LogP contribution in [0.3, 0.4) is 0 Å². The first kappa shape index (κ1) is 12.5. The smallest absolute Gasteiger partial charge is 0.138 e. The molecule has 0 atom stereocenters. The van der Waals surface area contributed by atoms with Crippen molar-refractivity contribution in [2.24, 2.45) is 0 Å². The van der Waals surface area contributed by atoms with Crippen molar-refractivity contribution in [3.05, 3.63) is 59.8 Å². The van der Waals surface area contributed by atoms with E-state index in [0.717, 1.165) is 28.0 Å². The normalized spacial score (nSPS) is 10.7. The number of ether oxygens (including phenoxy) is 1. The number of fused-ring (bicyclic) bond motifs is 1. The molecule has 2 N–H and O–H groups in total. The summed E-state index contributed by atoms with van der Waals surface area (Å²) >= 11 is 0. The third-order valence-corrected chi connectivity index (χ3v) is 3.50. The molecule has 0 saturated carbocycles. The number of anilines is 1. The minimum absolute atomic E-state index is 0.703. The molecule has 0 fully saturated rings. The minimum Gasteiger partial charge on any atom is -0.456 e. The maximum absolute atomic E-state index is 6.06. The fourth-order valence-corrected chi connectivity index (χ4v) is 2.18. The molecule has 0 aliphatic carbocycles. The first-order valence-corrected chi connectivity index (χ1v) is 6.53. The number of nitrogen functional groups attached to an aromatic ring is 1. The Bertz CT molecular complexity index is 781. The van der Waals surface area contributed by atoms with E-state index in [1.807, 2.05) is 36.4 Å². The number of nitrogens with two attached hydrogens (primary N) is 1. The molecule has 3 rings (SSSR count). The van der Waals surface area contributed by atoms with Crippen LogP contribution in [0.5, 0.6) is 11.5 Å². The lowest BCUT2D eigenvalue weighted by Gasteiger charge is -2.12. The largest absolute Gasteiger partial charge is 0.456 e. The Labute approximate surface area is 118 Å². The number of pyridine rings is 1. The lowest BCUT2D eigenvalue weighted by Crippen LogP contribution is -1.92. The van der Waals surface area contributed by atoms with Crippen LogP contribution in [0, 0.1) is 13.8 Å². The Hall–Kier alpha value is -2.55. The van der Waals surface area contributed by atoms with Crippen LogP contribution in [0.4, 0.5) is 5.69 Å². The predicted molar refractivity (Wildman–Crippen MR) is 82.1 cm³/mol. The van der Waals surface area contributed by atoms with Gasteiger partial charge in [0.05, 0.1) is 5.52 Å². The SMILES string of the molecule is Cc1cccc(Oc2ccnc3cc(N)ccc23)c1C. The molecule has 20 heavy (non-hydrogen) atoms. The average molecular weight is 264 g/mol. The van der Waals surface area contributed by atoms with Gasteiger partial charge in [-0.2, -0.15) is 0 Å². The second-order valence-electron chi connectivity index (χ2n) is 4.89. The van der Waals surface area contributed by atoms with E-state index < -0.39 is 0 Å². The van der Waals surface area contributed by atoms with Gasteiger partial charge in [-0.1, -0.05) is 12.1 Å². The summed E-state index contributed by atoms with van der Waals surface area (Å²) in [6, 6.07) is 13.6. The molecule has 0 spiro atoms. The fraction of sp³-hybridized carbons (Fsp3) is 0.118. The van der Waals surface area contributed by atoms with Crippen LogP contribution in [0.2, 0.25) is 0 Å². The number of hydrogen-bond acceptors (Lipinski definition) is 3. The van der Waals surface area contributed by atoms with Crippen molar-refractivity contribution in [3.8, 4) is 11.5 Å². The zero-order valence-electron chi connectivity index (χ0n) is 11.6. The van der Waals surface area contributed by atoms with Gasteiger partial charge in [-0.25, -0.2) is 0 Å². The van der Waals surface area contributed by atoms with E-state index in [1.54, 1.807) is 6.20 Å². The summed E-state index contributed by atoms with van der Waals surface area (Å²) in [4.78, 5) is 4.32. The second-order valence-corrected chi connectivity index (χ2v) is 4.89. The van der Waals surface area contributed by atoms with Crippen LogP contribution >= 0.6 is 0 Å². The highest BCUT2D eigenvalue weighted by Gasteiger charge is 2.07. The third kappa shape index (κ3) is 2.18. The van der Waals surface area contributed by atoms with Crippen LogP contribution in [0.15, 0.2) is 48.7 Å². The van der Waals surface area contributed by atoms with E-state index in [4.69, 9.17) is 10.5 Å². The summed E-state index contributed by atoms with van der Waals surface area (Å²) in [6.07, 6.45) is 1.74. The highest BCUT2D eigenvalue weighted by molar-refractivity contribution is 5.87. The average Bonchev–Trinajstić information content (AvgIpc) is 2.44. The van der Waals surface area contributed by atoms with Crippen molar-refractivity contribution < 1.29 is 4.74 Å². The summed E-state index contributed by atoms with van der Waals surface area (Å²) in [5.41, 5.74) is 9.69. The Kier molecular flexibility index (Phi) is 3.03. The molecule has 3 aromatic rings. The lowest BCUT2D eigenvalue weighted by atomic mass is 10.1. The molecule has 3 nitrogen and oxygen atoms in total. The van der Waals surface area contributed by atoms with Gasteiger partial charge in [-0.15, -0.1) is 0 Å².